The maximum Gasteiger partial charge on any atom is 0.246 e. The van der Waals surface area contributed by atoms with Crippen LogP contribution in [0.1, 0.15) is 17.3 Å². The first-order chi connectivity index (χ1) is 13.9. The third kappa shape index (κ3) is 4.82. The molecule has 1 N–H and O–H groups in total. The number of rotatable bonds is 7. The van der Waals surface area contributed by atoms with Crippen molar-refractivity contribution in [3.63, 3.8) is 0 Å². The summed E-state index contributed by atoms with van der Waals surface area (Å²) in [6.45, 7) is 1.58. The molecule has 1 heterocycles. The topological polar surface area (TPSA) is 76.5 Å². The highest BCUT2D eigenvalue weighted by atomic mass is 16.5. The number of amides is 1. The molecule has 0 aliphatic rings. The minimum Gasteiger partial charge on any atom is -0.497 e. The van der Waals surface area contributed by atoms with Gasteiger partial charge in [-0.3, -0.25) is 14.3 Å². The van der Waals surface area contributed by atoms with Crippen LogP contribution < -0.4 is 15.0 Å². The molecule has 0 unspecified atom stereocenters. The van der Waals surface area contributed by atoms with Gasteiger partial charge in [0.1, 0.15) is 12.3 Å². The SMILES string of the molecule is COc1ccc(-c2cn(CC(=O)Nc3ccc(C(C)=O)cc3)nc2N(C)C)cc1. The molecule has 7 nitrogen and oxygen atoms in total. The van der Waals surface area contributed by atoms with Crippen LogP contribution in [0.3, 0.4) is 0 Å². The average Bonchev–Trinajstić information content (AvgIpc) is 3.12. The molecule has 29 heavy (non-hydrogen) atoms. The van der Waals surface area contributed by atoms with E-state index in [2.05, 4.69) is 10.4 Å². The van der Waals surface area contributed by atoms with Crippen molar-refractivity contribution in [3.05, 3.63) is 60.3 Å². The molecule has 1 aromatic heterocycles. The quantitative estimate of drug-likeness (QED) is 0.623. The van der Waals surface area contributed by atoms with Crippen LogP contribution in [0.5, 0.6) is 5.75 Å². The molecule has 0 saturated carbocycles. The van der Waals surface area contributed by atoms with Gasteiger partial charge in [0.2, 0.25) is 5.91 Å². The number of Topliss-reactive ketones (excluding diaryl/α,β-unsaturated/α-hetero) is 1. The van der Waals surface area contributed by atoms with Crippen molar-refractivity contribution in [1.29, 1.82) is 0 Å². The molecule has 3 aromatic rings. The predicted octanol–water partition coefficient (Wildman–Crippen LogP) is 3.47. The van der Waals surface area contributed by atoms with Crippen LogP contribution in [-0.4, -0.2) is 42.7 Å². The minimum absolute atomic E-state index is 0.0123. The first kappa shape index (κ1) is 20.1. The summed E-state index contributed by atoms with van der Waals surface area (Å²) in [5.74, 6) is 1.34. The zero-order chi connectivity index (χ0) is 21.0. The maximum absolute atomic E-state index is 12.4. The highest BCUT2D eigenvalue weighted by molar-refractivity contribution is 5.95. The molecule has 0 atom stereocenters. The van der Waals surface area contributed by atoms with Crippen molar-refractivity contribution >= 4 is 23.2 Å². The van der Waals surface area contributed by atoms with Crippen LogP contribution in [0.25, 0.3) is 11.1 Å². The Hall–Kier alpha value is -3.61. The van der Waals surface area contributed by atoms with Crippen LogP contribution in [0.4, 0.5) is 11.5 Å². The van der Waals surface area contributed by atoms with Gasteiger partial charge in [-0.25, -0.2) is 0 Å². The van der Waals surface area contributed by atoms with Gasteiger partial charge in [-0.1, -0.05) is 12.1 Å². The molecule has 7 heteroatoms. The molecule has 0 aliphatic heterocycles. The van der Waals surface area contributed by atoms with Gasteiger partial charge in [0, 0.05) is 37.1 Å². The smallest absolute Gasteiger partial charge is 0.246 e. The molecular formula is C22H24N4O3. The number of hydrogen-bond acceptors (Lipinski definition) is 5. The molecule has 150 valence electrons. The van der Waals surface area contributed by atoms with Gasteiger partial charge in [0.05, 0.1) is 7.11 Å². The van der Waals surface area contributed by atoms with Crippen LogP contribution in [0, 0.1) is 0 Å². The average molecular weight is 392 g/mol. The second-order valence-corrected chi connectivity index (χ2v) is 6.87. The fraction of sp³-hybridized carbons (Fsp3) is 0.227. The molecule has 0 saturated heterocycles. The van der Waals surface area contributed by atoms with E-state index in [1.54, 1.807) is 36.1 Å². The Morgan fingerprint density at radius 2 is 1.72 bits per heavy atom. The Morgan fingerprint density at radius 1 is 1.07 bits per heavy atom. The number of benzene rings is 2. The Kier molecular flexibility index (Phi) is 5.97. The standard InChI is InChI=1S/C22H24N4O3/c1-15(27)16-5-9-18(10-6-16)23-21(28)14-26-13-20(22(24-26)25(2)3)17-7-11-19(29-4)12-8-17/h5-13H,14H2,1-4H3,(H,23,28). The lowest BCUT2D eigenvalue weighted by atomic mass is 10.1. The van der Waals surface area contributed by atoms with E-state index in [-0.39, 0.29) is 18.2 Å². The number of carbonyl (C=O) groups is 2. The first-order valence-corrected chi connectivity index (χ1v) is 9.17. The number of carbonyl (C=O) groups excluding carboxylic acids is 2. The number of hydrogen-bond donors (Lipinski definition) is 1. The van der Waals surface area contributed by atoms with E-state index in [1.165, 1.54) is 6.92 Å². The van der Waals surface area contributed by atoms with Crippen molar-refractivity contribution in [3.8, 4) is 16.9 Å². The Labute approximate surface area is 169 Å². The number of nitrogens with one attached hydrogen (secondary N) is 1. The number of nitrogens with zero attached hydrogens (tertiary/aromatic N) is 3. The third-order valence-electron chi connectivity index (χ3n) is 4.45. The van der Waals surface area contributed by atoms with E-state index in [4.69, 9.17) is 4.74 Å². The minimum atomic E-state index is -0.199. The van der Waals surface area contributed by atoms with E-state index in [9.17, 15) is 9.59 Å². The van der Waals surface area contributed by atoms with Gasteiger partial charge in [-0.05, 0) is 48.9 Å². The van der Waals surface area contributed by atoms with Gasteiger partial charge in [0.15, 0.2) is 11.6 Å². The summed E-state index contributed by atoms with van der Waals surface area (Å²) in [6, 6.07) is 14.5. The zero-order valence-electron chi connectivity index (χ0n) is 17.0. The number of ketones is 1. The number of methoxy groups -OCH3 is 1. The second kappa shape index (κ2) is 8.60. The number of aromatic nitrogens is 2. The van der Waals surface area contributed by atoms with Gasteiger partial charge in [-0.15, -0.1) is 0 Å². The molecule has 0 radical (unpaired) electrons. The number of anilines is 2. The summed E-state index contributed by atoms with van der Waals surface area (Å²) >= 11 is 0. The van der Waals surface area contributed by atoms with Gasteiger partial charge in [-0.2, -0.15) is 5.10 Å². The van der Waals surface area contributed by atoms with E-state index in [1.807, 2.05) is 49.5 Å². The maximum atomic E-state index is 12.4. The normalized spacial score (nSPS) is 10.5. The molecule has 2 aromatic carbocycles. The Morgan fingerprint density at radius 3 is 2.28 bits per heavy atom. The fourth-order valence-electron chi connectivity index (χ4n) is 2.93. The van der Waals surface area contributed by atoms with E-state index in [0.717, 1.165) is 22.7 Å². The van der Waals surface area contributed by atoms with Crippen LogP contribution in [0.2, 0.25) is 0 Å². The second-order valence-electron chi connectivity index (χ2n) is 6.87. The lowest BCUT2D eigenvalue weighted by molar-refractivity contribution is -0.116. The molecule has 0 bridgehead atoms. The molecular weight excluding hydrogens is 368 g/mol. The zero-order valence-corrected chi connectivity index (χ0v) is 17.0. The van der Waals surface area contributed by atoms with Gasteiger partial charge < -0.3 is 15.0 Å². The Balaban J connectivity index is 1.76. The Bertz CT molecular complexity index is 1010. The molecule has 1 amide bonds. The van der Waals surface area contributed by atoms with Crippen LogP contribution >= 0.6 is 0 Å². The van der Waals surface area contributed by atoms with E-state index >= 15 is 0 Å². The monoisotopic (exact) mass is 392 g/mol. The first-order valence-electron chi connectivity index (χ1n) is 9.17. The lowest BCUT2D eigenvalue weighted by Crippen LogP contribution is -2.19. The van der Waals surface area contributed by atoms with Crippen molar-refractivity contribution in [2.75, 3.05) is 31.4 Å². The van der Waals surface area contributed by atoms with Crippen molar-refractivity contribution < 1.29 is 14.3 Å². The van der Waals surface area contributed by atoms with Crippen LogP contribution in [0.15, 0.2) is 54.7 Å². The summed E-state index contributed by atoms with van der Waals surface area (Å²) in [5, 5.41) is 7.38. The van der Waals surface area contributed by atoms with E-state index < -0.39 is 0 Å². The van der Waals surface area contributed by atoms with Crippen molar-refractivity contribution in [1.82, 2.24) is 9.78 Å². The predicted molar refractivity (Wildman–Crippen MR) is 114 cm³/mol. The highest BCUT2D eigenvalue weighted by Gasteiger charge is 2.15. The molecule has 0 aliphatic carbocycles. The van der Waals surface area contributed by atoms with Gasteiger partial charge in [0.25, 0.3) is 0 Å². The summed E-state index contributed by atoms with van der Waals surface area (Å²) in [4.78, 5) is 25.7. The van der Waals surface area contributed by atoms with Crippen molar-refractivity contribution in [2.24, 2.45) is 0 Å². The fourth-order valence-corrected chi connectivity index (χ4v) is 2.93. The third-order valence-corrected chi connectivity index (χ3v) is 4.45. The highest BCUT2D eigenvalue weighted by Crippen LogP contribution is 2.30. The van der Waals surface area contributed by atoms with Gasteiger partial charge >= 0.3 is 0 Å². The number of ether oxygens (including phenoxy) is 1. The van der Waals surface area contributed by atoms with Crippen molar-refractivity contribution in [2.45, 2.75) is 13.5 Å². The summed E-state index contributed by atoms with van der Waals surface area (Å²) in [7, 11) is 5.46. The summed E-state index contributed by atoms with van der Waals surface area (Å²) < 4.78 is 6.83. The summed E-state index contributed by atoms with van der Waals surface area (Å²) in [5.41, 5.74) is 3.16. The molecule has 3 rings (SSSR count). The largest absolute Gasteiger partial charge is 0.497 e. The summed E-state index contributed by atoms with van der Waals surface area (Å²) in [6.07, 6.45) is 1.86. The van der Waals surface area contributed by atoms with E-state index in [0.29, 0.717) is 11.3 Å². The lowest BCUT2D eigenvalue weighted by Gasteiger charge is -2.11. The van der Waals surface area contributed by atoms with Crippen LogP contribution in [-0.2, 0) is 11.3 Å². The molecule has 0 spiro atoms. The molecule has 0 fully saturated rings.